The van der Waals surface area contributed by atoms with Gasteiger partial charge in [0, 0.05) is 20.7 Å². The highest BCUT2D eigenvalue weighted by molar-refractivity contribution is 14.1. The number of hydrogen-bond donors (Lipinski definition) is 1. The lowest BCUT2D eigenvalue weighted by Gasteiger charge is -2.04. The third-order valence-electron chi connectivity index (χ3n) is 2.23. The van der Waals surface area contributed by atoms with Crippen molar-refractivity contribution in [3.8, 4) is 0 Å². The van der Waals surface area contributed by atoms with E-state index in [1.807, 2.05) is 30.5 Å². The van der Waals surface area contributed by atoms with Crippen molar-refractivity contribution in [1.29, 1.82) is 0 Å². The summed E-state index contributed by atoms with van der Waals surface area (Å²) in [5, 5.41) is 4.74. The van der Waals surface area contributed by atoms with E-state index >= 15 is 0 Å². The number of anilines is 1. The maximum atomic E-state index is 11.7. The van der Waals surface area contributed by atoms with Crippen LogP contribution in [-0.4, -0.2) is 10.9 Å². The maximum absolute atomic E-state index is 11.7. The predicted octanol–water partition coefficient (Wildman–Crippen LogP) is 3.71. The van der Waals surface area contributed by atoms with Gasteiger partial charge in [-0.15, -0.1) is 11.3 Å². The first-order chi connectivity index (χ1) is 8.65. The quantitative estimate of drug-likeness (QED) is 0.661. The molecule has 0 fully saturated rings. The number of pyridine rings is 1. The highest BCUT2D eigenvalue weighted by Gasteiger charge is 2.03. The molecule has 5 heteroatoms. The molecule has 0 aliphatic heterocycles. The standard InChI is InChI=1S/C13H11IN2OS/c1-9-7-10(14)8-15-13(9)16-12(17)5-4-11-3-2-6-18-11/h2-8H,1H3,(H,15,16,17). The highest BCUT2D eigenvalue weighted by Crippen LogP contribution is 2.14. The zero-order chi connectivity index (χ0) is 13.0. The fourth-order valence-corrected chi connectivity index (χ4v) is 2.60. The van der Waals surface area contributed by atoms with E-state index in [9.17, 15) is 4.79 Å². The summed E-state index contributed by atoms with van der Waals surface area (Å²) < 4.78 is 1.05. The topological polar surface area (TPSA) is 42.0 Å². The summed E-state index contributed by atoms with van der Waals surface area (Å²) in [7, 11) is 0. The summed E-state index contributed by atoms with van der Waals surface area (Å²) in [6.45, 7) is 1.92. The lowest BCUT2D eigenvalue weighted by atomic mass is 10.3. The van der Waals surface area contributed by atoms with Crippen molar-refractivity contribution < 1.29 is 4.79 Å². The van der Waals surface area contributed by atoms with Gasteiger partial charge in [-0.05, 0) is 58.7 Å². The second-order valence-electron chi connectivity index (χ2n) is 3.66. The normalized spacial score (nSPS) is 10.8. The molecule has 1 amide bonds. The average molecular weight is 370 g/mol. The lowest BCUT2D eigenvalue weighted by molar-refractivity contribution is -0.111. The van der Waals surface area contributed by atoms with Crippen molar-refractivity contribution in [2.75, 3.05) is 5.32 Å². The summed E-state index contributed by atoms with van der Waals surface area (Å²) in [5.74, 6) is 0.441. The van der Waals surface area contributed by atoms with Crippen LogP contribution < -0.4 is 5.32 Å². The number of aromatic nitrogens is 1. The molecule has 0 atom stereocenters. The molecule has 2 aromatic rings. The first-order valence-corrected chi connectivity index (χ1v) is 7.26. The molecule has 0 spiro atoms. The number of carbonyl (C=O) groups excluding carboxylic acids is 1. The Kier molecular flexibility index (Phi) is 4.48. The van der Waals surface area contributed by atoms with E-state index in [2.05, 4.69) is 32.9 Å². The fraction of sp³-hybridized carbons (Fsp3) is 0.0769. The predicted molar refractivity (Wildman–Crippen MR) is 83.7 cm³/mol. The smallest absolute Gasteiger partial charge is 0.249 e. The van der Waals surface area contributed by atoms with Crippen LogP contribution in [0.5, 0.6) is 0 Å². The largest absolute Gasteiger partial charge is 0.307 e. The van der Waals surface area contributed by atoms with E-state index in [0.717, 1.165) is 14.0 Å². The Morgan fingerprint density at radius 1 is 1.56 bits per heavy atom. The van der Waals surface area contributed by atoms with E-state index in [4.69, 9.17) is 0 Å². The SMILES string of the molecule is Cc1cc(I)cnc1NC(=O)C=Cc1cccs1. The number of nitrogens with zero attached hydrogens (tertiary/aromatic N) is 1. The van der Waals surface area contributed by atoms with Gasteiger partial charge < -0.3 is 5.32 Å². The Balaban J connectivity index is 2.03. The third-order valence-corrected chi connectivity index (χ3v) is 3.66. The molecule has 0 bridgehead atoms. The molecule has 2 aromatic heterocycles. The van der Waals surface area contributed by atoms with Crippen molar-refractivity contribution in [3.63, 3.8) is 0 Å². The minimum absolute atomic E-state index is 0.166. The van der Waals surface area contributed by atoms with Gasteiger partial charge in [-0.1, -0.05) is 6.07 Å². The van der Waals surface area contributed by atoms with Crippen molar-refractivity contribution in [1.82, 2.24) is 4.98 Å². The van der Waals surface area contributed by atoms with Crippen LogP contribution in [0.3, 0.4) is 0 Å². The number of amides is 1. The van der Waals surface area contributed by atoms with E-state index < -0.39 is 0 Å². The second-order valence-corrected chi connectivity index (χ2v) is 5.88. The maximum Gasteiger partial charge on any atom is 0.249 e. The summed E-state index contributed by atoms with van der Waals surface area (Å²) in [4.78, 5) is 17.0. The Labute approximate surface area is 123 Å². The van der Waals surface area contributed by atoms with Gasteiger partial charge in [0.15, 0.2) is 0 Å². The van der Waals surface area contributed by atoms with Crippen LogP contribution in [-0.2, 0) is 4.79 Å². The van der Waals surface area contributed by atoms with Gasteiger partial charge in [0.1, 0.15) is 5.82 Å². The molecule has 18 heavy (non-hydrogen) atoms. The Hall–Kier alpha value is -1.21. The molecule has 0 saturated carbocycles. The number of rotatable bonds is 3. The minimum Gasteiger partial charge on any atom is -0.307 e. The molecule has 2 rings (SSSR count). The van der Waals surface area contributed by atoms with Crippen LogP contribution in [0.2, 0.25) is 0 Å². The Morgan fingerprint density at radius 3 is 3.06 bits per heavy atom. The van der Waals surface area contributed by atoms with Gasteiger partial charge in [0.2, 0.25) is 5.91 Å². The molecule has 0 saturated heterocycles. The van der Waals surface area contributed by atoms with Gasteiger partial charge in [0.05, 0.1) is 0 Å². The molecular formula is C13H11IN2OS. The van der Waals surface area contributed by atoms with Crippen LogP contribution in [0.15, 0.2) is 35.9 Å². The van der Waals surface area contributed by atoms with Crippen molar-refractivity contribution in [2.24, 2.45) is 0 Å². The van der Waals surface area contributed by atoms with Gasteiger partial charge >= 0.3 is 0 Å². The molecule has 92 valence electrons. The molecular weight excluding hydrogens is 359 g/mol. The molecule has 3 nitrogen and oxygen atoms in total. The van der Waals surface area contributed by atoms with Crippen LogP contribution in [0.4, 0.5) is 5.82 Å². The van der Waals surface area contributed by atoms with E-state index in [-0.39, 0.29) is 5.91 Å². The summed E-state index contributed by atoms with van der Waals surface area (Å²) in [5.41, 5.74) is 0.958. The Morgan fingerprint density at radius 2 is 2.39 bits per heavy atom. The number of hydrogen-bond acceptors (Lipinski definition) is 3. The van der Waals surface area contributed by atoms with Gasteiger partial charge in [0.25, 0.3) is 0 Å². The van der Waals surface area contributed by atoms with E-state index in [0.29, 0.717) is 5.82 Å². The molecule has 1 N–H and O–H groups in total. The number of nitrogens with one attached hydrogen (secondary N) is 1. The number of thiophene rings is 1. The molecule has 0 radical (unpaired) electrons. The van der Waals surface area contributed by atoms with Crippen LogP contribution in [0.25, 0.3) is 6.08 Å². The zero-order valence-corrected chi connectivity index (χ0v) is 12.7. The van der Waals surface area contributed by atoms with Gasteiger partial charge in [-0.2, -0.15) is 0 Å². The average Bonchev–Trinajstić information content (AvgIpc) is 2.83. The van der Waals surface area contributed by atoms with Crippen molar-refractivity contribution in [3.05, 3.63) is 49.9 Å². The van der Waals surface area contributed by atoms with Crippen LogP contribution in [0, 0.1) is 10.5 Å². The van der Waals surface area contributed by atoms with Crippen molar-refractivity contribution in [2.45, 2.75) is 6.92 Å². The summed E-state index contributed by atoms with van der Waals surface area (Å²) >= 11 is 3.78. The van der Waals surface area contributed by atoms with Gasteiger partial charge in [-0.25, -0.2) is 4.98 Å². The second kappa shape index (κ2) is 6.10. The molecule has 0 aliphatic rings. The first kappa shape index (κ1) is 13.2. The fourth-order valence-electron chi connectivity index (χ4n) is 1.37. The van der Waals surface area contributed by atoms with E-state index in [1.54, 1.807) is 23.6 Å². The highest BCUT2D eigenvalue weighted by atomic mass is 127. The van der Waals surface area contributed by atoms with Gasteiger partial charge in [-0.3, -0.25) is 4.79 Å². The lowest BCUT2D eigenvalue weighted by Crippen LogP contribution is -2.10. The summed E-state index contributed by atoms with van der Waals surface area (Å²) in [6.07, 6.45) is 5.04. The monoisotopic (exact) mass is 370 g/mol. The molecule has 2 heterocycles. The number of halogens is 1. The molecule has 0 aliphatic carbocycles. The van der Waals surface area contributed by atoms with E-state index in [1.165, 1.54) is 6.08 Å². The third kappa shape index (κ3) is 3.64. The van der Waals surface area contributed by atoms with Crippen LogP contribution >= 0.6 is 33.9 Å². The number of carbonyl (C=O) groups is 1. The molecule has 0 unspecified atom stereocenters. The van der Waals surface area contributed by atoms with Crippen molar-refractivity contribution >= 4 is 51.7 Å². The minimum atomic E-state index is -0.166. The Bertz CT molecular complexity index is 579. The first-order valence-electron chi connectivity index (χ1n) is 5.30. The number of aryl methyl sites for hydroxylation is 1. The molecule has 0 aromatic carbocycles. The zero-order valence-electron chi connectivity index (χ0n) is 9.68. The summed E-state index contributed by atoms with van der Waals surface area (Å²) in [6, 6.07) is 5.89. The van der Waals surface area contributed by atoms with Crippen LogP contribution in [0.1, 0.15) is 10.4 Å².